The van der Waals surface area contributed by atoms with Gasteiger partial charge in [-0.05, 0) is 33.1 Å². The number of nitro groups is 1. The number of hydrogen-bond donors (Lipinski definition) is 3. The number of halogens is 1. The van der Waals surface area contributed by atoms with E-state index in [1.54, 1.807) is 30.7 Å². The third-order valence-corrected chi connectivity index (χ3v) is 6.33. The van der Waals surface area contributed by atoms with Crippen LogP contribution in [-0.2, 0) is 20.7 Å². The van der Waals surface area contributed by atoms with Gasteiger partial charge >= 0.3 is 11.9 Å². The van der Waals surface area contributed by atoms with Gasteiger partial charge in [0.2, 0.25) is 0 Å². The van der Waals surface area contributed by atoms with Crippen LogP contribution < -0.4 is 5.73 Å². The highest BCUT2D eigenvalue weighted by Gasteiger charge is 2.51. The van der Waals surface area contributed by atoms with Gasteiger partial charge in [0.25, 0.3) is 5.69 Å². The lowest BCUT2D eigenvalue weighted by Crippen LogP contribution is -2.13. The number of carboxylic acid groups (broad SMARTS) is 1. The molecule has 1 aromatic carbocycles. The second-order valence-corrected chi connectivity index (χ2v) is 8.85. The van der Waals surface area contributed by atoms with Crippen LogP contribution in [0.1, 0.15) is 56.7 Å². The standard InChI is InChI=1S/C15H14N2O4.C11H18N4O2.ClH/c1-8-12(15(18)21-3)13(14-9(2)16(8)14)10-6-4-5-7-11(10)17(19)20;12-10(4-1-5-11(16)17)14-6-2-3-9-7-13-8-15-9;/h4-7,13H,1-3H3;7-8H,1-6H2,(H2,12,14)(H,13,15)(H,16,17);1H. The molecule has 2 aromatic rings. The van der Waals surface area contributed by atoms with Crippen LogP contribution in [0, 0.1) is 10.1 Å². The fraction of sp³-hybridized carbons (Fsp3) is 0.385. The average Bonchev–Trinajstić information content (AvgIpc) is 3.21. The maximum atomic E-state index is 12.1. The molecule has 4 rings (SSSR count). The summed E-state index contributed by atoms with van der Waals surface area (Å²) in [5, 5.41) is 19.7. The molecule has 2 aliphatic heterocycles. The van der Waals surface area contributed by atoms with Crippen molar-refractivity contribution in [3.05, 3.63) is 80.8 Å². The van der Waals surface area contributed by atoms with Gasteiger partial charge in [-0.15, -0.1) is 12.4 Å². The van der Waals surface area contributed by atoms with E-state index in [4.69, 9.17) is 15.6 Å². The summed E-state index contributed by atoms with van der Waals surface area (Å²) in [4.78, 5) is 46.3. The number of hydrogen-bond acceptors (Lipinski definition) is 8. The molecule has 0 fully saturated rings. The molecule has 3 heterocycles. The Morgan fingerprint density at radius 1 is 1.23 bits per heavy atom. The number of carbonyl (C=O) groups is 2. The second-order valence-electron chi connectivity index (χ2n) is 8.85. The summed E-state index contributed by atoms with van der Waals surface area (Å²) in [5.74, 6) is -1.12. The number of carboxylic acids is 1. The number of nitrogens with zero attached hydrogens (tertiary/aromatic N) is 4. The molecule has 2 aliphatic rings. The van der Waals surface area contributed by atoms with E-state index in [-0.39, 0.29) is 24.5 Å². The predicted molar refractivity (Wildman–Crippen MR) is 147 cm³/mol. The van der Waals surface area contributed by atoms with E-state index in [2.05, 4.69) is 15.0 Å². The molecule has 0 radical (unpaired) electrons. The molecule has 1 atom stereocenters. The number of methoxy groups -OCH3 is 1. The van der Waals surface area contributed by atoms with Crippen molar-refractivity contribution in [1.29, 1.82) is 0 Å². The van der Waals surface area contributed by atoms with Gasteiger partial charge in [0.05, 0.1) is 41.4 Å². The number of imidazole rings is 1. The van der Waals surface area contributed by atoms with Crippen molar-refractivity contribution in [1.82, 2.24) is 14.9 Å². The van der Waals surface area contributed by atoms with Crippen LogP contribution in [0.15, 0.2) is 64.4 Å². The van der Waals surface area contributed by atoms with E-state index < -0.39 is 22.8 Å². The Hall–Kier alpha value is -4.19. The van der Waals surface area contributed by atoms with Crippen LogP contribution in [0.5, 0.6) is 0 Å². The van der Waals surface area contributed by atoms with E-state index in [0.29, 0.717) is 36.4 Å². The van der Waals surface area contributed by atoms with Crippen LogP contribution in [0.3, 0.4) is 0 Å². The van der Waals surface area contributed by atoms with E-state index in [0.717, 1.165) is 35.6 Å². The molecule has 1 aromatic heterocycles. The smallest absolute Gasteiger partial charge is 0.336 e. The molecule has 0 bridgehead atoms. The summed E-state index contributed by atoms with van der Waals surface area (Å²) >= 11 is 0. The molecule has 0 saturated carbocycles. The van der Waals surface area contributed by atoms with Crippen molar-refractivity contribution >= 4 is 35.9 Å². The molecule has 0 aliphatic carbocycles. The van der Waals surface area contributed by atoms with Crippen molar-refractivity contribution in [2.24, 2.45) is 10.7 Å². The summed E-state index contributed by atoms with van der Waals surface area (Å²) in [5.41, 5.74) is 10.5. The molecule has 12 nitrogen and oxygen atoms in total. The van der Waals surface area contributed by atoms with Gasteiger partial charge in [0.15, 0.2) is 0 Å². The number of allylic oxidation sites excluding steroid dienone is 3. The lowest BCUT2D eigenvalue weighted by atomic mass is 9.89. The molecule has 210 valence electrons. The molecule has 0 spiro atoms. The van der Waals surface area contributed by atoms with Crippen molar-refractivity contribution in [2.45, 2.75) is 51.9 Å². The fourth-order valence-corrected chi connectivity index (χ4v) is 4.49. The van der Waals surface area contributed by atoms with Gasteiger partial charge in [-0.25, -0.2) is 9.78 Å². The molecular formula is C26H33ClN6O6. The van der Waals surface area contributed by atoms with Crippen molar-refractivity contribution in [3.8, 4) is 0 Å². The third-order valence-electron chi connectivity index (χ3n) is 6.33. The number of nitrogens with one attached hydrogen (secondary N) is 1. The Morgan fingerprint density at radius 3 is 2.56 bits per heavy atom. The maximum Gasteiger partial charge on any atom is 0.336 e. The zero-order valence-corrected chi connectivity index (χ0v) is 22.9. The van der Waals surface area contributed by atoms with Crippen LogP contribution >= 0.6 is 12.4 Å². The maximum absolute atomic E-state index is 12.1. The molecule has 0 saturated heterocycles. The highest BCUT2D eigenvalue weighted by Crippen LogP contribution is 2.57. The number of carbonyl (C=O) groups excluding carboxylic acids is 1. The van der Waals surface area contributed by atoms with Crippen LogP contribution in [0.4, 0.5) is 5.69 Å². The summed E-state index contributed by atoms with van der Waals surface area (Å²) in [7, 11) is 1.32. The van der Waals surface area contributed by atoms with Gasteiger partial charge in [0, 0.05) is 54.3 Å². The van der Waals surface area contributed by atoms with Crippen molar-refractivity contribution in [2.75, 3.05) is 13.7 Å². The SMILES string of the molecule is COC(=O)C1=C(C)N2C(C)=C2C1c1ccccc1[N+](=O)[O-].Cl.NC(CCCC(=O)O)=NCCCc1cnc[nH]1. The molecular weight excluding hydrogens is 528 g/mol. The van der Waals surface area contributed by atoms with Gasteiger partial charge in [-0.1, -0.05) is 18.2 Å². The van der Waals surface area contributed by atoms with Crippen LogP contribution in [0.2, 0.25) is 0 Å². The number of ether oxygens (including phenoxy) is 1. The largest absolute Gasteiger partial charge is 0.481 e. The van der Waals surface area contributed by atoms with Crippen molar-refractivity contribution in [3.63, 3.8) is 0 Å². The summed E-state index contributed by atoms with van der Waals surface area (Å²) in [6.45, 7) is 4.43. The first kappa shape index (κ1) is 31.0. The number of rotatable bonds is 11. The predicted octanol–water partition coefficient (Wildman–Crippen LogP) is 4.06. The highest BCUT2D eigenvalue weighted by molar-refractivity contribution is 5.94. The Balaban J connectivity index is 0.000000273. The number of H-pyrrole nitrogens is 1. The molecule has 4 N–H and O–H groups in total. The Morgan fingerprint density at radius 2 is 1.95 bits per heavy atom. The minimum atomic E-state index is -0.794. The average molecular weight is 561 g/mol. The number of nitro benzene ring substituents is 1. The number of aliphatic carboxylic acids is 1. The third kappa shape index (κ3) is 7.66. The number of esters is 1. The molecule has 1 unspecified atom stereocenters. The number of amidine groups is 1. The normalized spacial score (nSPS) is 15.7. The van der Waals surface area contributed by atoms with Gasteiger partial charge in [-0.2, -0.15) is 0 Å². The number of aromatic amines is 1. The number of benzene rings is 1. The number of aromatic nitrogens is 2. The van der Waals surface area contributed by atoms with Crippen molar-refractivity contribution < 1.29 is 24.4 Å². The molecule has 0 amide bonds. The first-order chi connectivity index (χ1) is 18.2. The summed E-state index contributed by atoms with van der Waals surface area (Å²) in [6, 6.07) is 6.52. The fourth-order valence-electron chi connectivity index (χ4n) is 4.49. The first-order valence-corrected chi connectivity index (χ1v) is 12.2. The lowest BCUT2D eigenvalue weighted by molar-refractivity contribution is -0.385. The minimum absolute atomic E-state index is 0. The van der Waals surface area contributed by atoms with E-state index in [9.17, 15) is 19.7 Å². The lowest BCUT2D eigenvalue weighted by Gasteiger charge is -2.13. The van der Waals surface area contributed by atoms with E-state index >= 15 is 0 Å². The van der Waals surface area contributed by atoms with Crippen LogP contribution in [0.25, 0.3) is 0 Å². The van der Waals surface area contributed by atoms with Gasteiger partial charge < -0.3 is 25.5 Å². The van der Waals surface area contributed by atoms with Crippen LogP contribution in [-0.4, -0.2) is 56.3 Å². The highest BCUT2D eigenvalue weighted by atomic mass is 35.5. The Labute approximate surface area is 232 Å². The topological polar surface area (TPSA) is 177 Å². The Bertz CT molecular complexity index is 1290. The van der Waals surface area contributed by atoms with E-state index in [1.165, 1.54) is 13.2 Å². The monoisotopic (exact) mass is 560 g/mol. The molecule has 39 heavy (non-hydrogen) atoms. The summed E-state index contributed by atoms with van der Waals surface area (Å²) < 4.78 is 4.84. The number of nitrogens with two attached hydrogens (primary N) is 1. The van der Waals surface area contributed by atoms with Gasteiger partial charge in [-0.3, -0.25) is 19.9 Å². The Kier molecular flexibility index (Phi) is 11.2. The number of aliphatic imine (C=N–C) groups is 1. The number of fused-ring (bicyclic) bond motifs is 1. The van der Waals surface area contributed by atoms with Gasteiger partial charge in [0.1, 0.15) is 0 Å². The molecule has 13 heteroatoms. The first-order valence-electron chi connectivity index (χ1n) is 12.2. The zero-order valence-electron chi connectivity index (χ0n) is 22.0. The van der Waals surface area contributed by atoms with E-state index in [1.807, 2.05) is 18.7 Å². The zero-order chi connectivity index (χ0) is 27.8. The minimum Gasteiger partial charge on any atom is -0.481 e. The number of aryl methyl sites for hydroxylation is 1. The number of para-hydroxylation sites is 1. The second kappa shape index (κ2) is 14.1. The quantitative estimate of drug-likeness (QED) is 0.0912. The summed E-state index contributed by atoms with van der Waals surface area (Å²) in [6.07, 6.45) is 6.48.